The van der Waals surface area contributed by atoms with Crippen molar-refractivity contribution >= 4 is 12.6 Å². The van der Waals surface area contributed by atoms with E-state index in [4.69, 9.17) is 23.6 Å². The van der Waals surface area contributed by atoms with Crippen LogP contribution < -0.4 is 10.2 Å². The molecule has 0 aliphatic carbocycles. The zero-order chi connectivity index (χ0) is 20.2. The van der Waals surface area contributed by atoms with E-state index in [9.17, 15) is 0 Å². The SMILES string of the molecule is [2H]C([2H])([2H])C([2H])([2H])C([2H])([2H])Oc1cccc(B2OC(C)(C)C(C)(C)O2)c1. The Hall–Kier alpha value is -0.995. The van der Waals surface area contributed by atoms with Crippen molar-refractivity contribution in [2.45, 2.75) is 52.1 Å². The van der Waals surface area contributed by atoms with Crippen LogP contribution in [0, 0.1) is 0 Å². The molecule has 0 saturated carbocycles. The zero-order valence-corrected chi connectivity index (χ0v) is 11.6. The third-order valence-corrected chi connectivity index (χ3v) is 3.60. The molecular weight excluding hydrogens is 239 g/mol. The Morgan fingerprint density at radius 3 is 2.58 bits per heavy atom. The van der Waals surface area contributed by atoms with Gasteiger partial charge in [-0.1, -0.05) is 19.0 Å². The summed E-state index contributed by atoms with van der Waals surface area (Å²) in [6.07, 6.45) is -3.19. The van der Waals surface area contributed by atoms with Crippen LogP contribution in [0.15, 0.2) is 24.3 Å². The van der Waals surface area contributed by atoms with Crippen LogP contribution >= 0.6 is 0 Å². The summed E-state index contributed by atoms with van der Waals surface area (Å²) in [6, 6.07) is 6.16. The molecule has 0 N–H and O–H groups in total. The Morgan fingerprint density at radius 2 is 1.95 bits per heavy atom. The maximum Gasteiger partial charge on any atom is 0.494 e. The highest BCUT2D eigenvalue weighted by atomic mass is 16.7. The fraction of sp³-hybridized carbons (Fsp3) is 0.600. The minimum atomic E-state index is -3.19. The lowest BCUT2D eigenvalue weighted by Gasteiger charge is -2.32. The van der Waals surface area contributed by atoms with Crippen molar-refractivity contribution in [2.75, 3.05) is 6.56 Å². The largest absolute Gasteiger partial charge is 0.494 e. The van der Waals surface area contributed by atoms with Crippen molar-refractivity contribution in [3.05, 3.63) is 24.3 Å². The zero-order valence-electron chi connectivity index (χ0n) is 18.6. The first-order chi connectivity index (χ1) is 11.5. The molecular formula is C15H23BO3. The number of hydrogen-bond acceptors (Lipinski definition) is 3. The first kappa shape index (κ1) is 7.70. The normalized spacial score (nSPS) is 28.2. The minimum absolute atomic E-state index is 0.0182. The van der Waals surface area contributed by atoms with Crippen molar-refractivity contribution in [1.82, 2.24) is 0 Å². The highest BCUT2D eigenvalue weighted by Gasteiger charge is 2.51. The Morgan fingerprint density at radius 1 is 1.26 bits per heavy atom. The monoisotopic (exact) mass is 269 g/mol. The Kier molecular flexibility index (Phi) is 2.10. The van der Waals surface area contributed by atoms with Crippen LogP contribution in [0.2, 0.25) is 0 Å². The molecule has 2 rings (SSSR count). The molecule has 1 aliphatic heterocycles. The van der Waals surface area contributed by atoms with E-state index in [0.717, 1.165) is 0 Å². The molecule has 0 amide bonds. The van der Waals surface area contributed by atoms with Gasteiger partial charge in [0.05, 0.1) is 20.5 Å². The summed E-state index contributed by atoms with van der Waals surface area (Å²) in [6.45, 7) is 1.36. The van der Waals surface area contributed by atoms with E-state index in [1.54, 1.807) is 12.1 Å². The van der Waals surface area contributed by atoms with Gasteiger partial charge in [0.25, 0.3) is 0 Å². The predicted molar refractivity (Wildman–Crippen MR) is 77.9 cm³/mol. The first-order valence-corrected chi connectivity index (χ1v) is 6.15. The number of ether oxygens (including phenoxy) is 1. The molecule has 1 aromatic carbocycles. The molecule has 1 saturated heterocycles. The molecule has 104 valence electrons. The van der Waals surface area contributed by atoms with Gasteiger partial charge in [0.1, 0.15) is 5.75 Å². The lowest BCUT2D eigenvalue weighted by molar-refractivity contribution is 0.00578. The summed E-state index contributed by atoms with van der Waals surface area (Å²) in [4.78, 5) is 0. The number of hydrogen-bond donors (Lipinski definition) is 0. The second-order valence-corrected chi connectivity index (χ2v) is 5.49. The summed E-state index contributed by atoms with van der Waals surface area (Å²) >= 11 is 0. The molecule has 0 spiro atoms. The molecule has 4 heteroatoms. The van der Waals surface area contributed by atoms with E-state index in [0.29, 0.717) is 5.46 Å². The van der Waals surface area contributed by atoms with Gasteiger partial charge in [-0.15, -0.1) is 0 Å². The van der Waals surface area contributed by atoms with Crippen molar-refractivity contribution in [3.8, 4) is 5.75 Å². The van der Waals surface area contributed by atoms with Crippen LogP contribution in [0.3, 0.4) is 0 Å². The molecule has 0 unspecified atom stereocenters. The van der Waals surface area contributed by atoms with Gasteiger partial charge in [-0.2, -0.15) is 0 Å². The standard InChI is InChI=1S/C15H23BO3/c1-6-10-17-13-9-7-8-12(11-13)16-18-14(2,3)15(4,5)19-16/h7-9,11H,6,10H2,1-5H3/i1D3,6D2,10D2. The summed E-state index contributed by atoms with van der Waals surface area (Å²) in [5.41, 5.74) is -0.546. The predicted octanol–water partition coefficient (Wildman–Crippen LogP) is 2.77. The van der Waals surface area contributed by atoms with Crippen LogP contribution in [0.4, 0.5) is 0 Å². The van der Waals surface area contributed by atoms with Gasteiger partial charge in [-0.05, 0) is 51.7 Å². The molecule has 1 fully saturated rings. The van der Waals surface area contributed by atoms with Gasteiger partial charge in [0.2, 0.25) is 0 Å². The summed E-state index contributed by atoms with van der Waals surface area (Å²) < 4.78 is 69.4. The van der Waals surface area contributed by atoms with Crippen molar-refractivity contribution in [3.63, 3.8) is 0 Å². The summed E-state index contributed by atoms with van der Waals surface area (Å²) in [5.74, 6) is -0.0182. The second-order valence-electron chi connectivity index (χ2n) is 5.49. The van der Waals surface area contributed by atoms with E-state index in [1.165, 1.54) is 12.1 Å². The van der Waals surface area contributed by atoms with Crippen LogP contribution in [-0.2, 0) is 9.31 Å². The molecule has 1 aromatic rings. The summed E-state index contributed by atoms with van der Waals surface area (Å²) in [7, 11) is -0.700. The van der Waals surface area contributed by atoms with E-state index in [-0.39, 0.29) is 5.75 Å². The van der Waals surface area contributed by atoms with Crippen LogP contribution in [0.5, 0.6) is 5.75 Å². The van der Waals surface area contributed by atoms with E-state index in [1.807, 2.05) is 27.7 Å². The first-order valence-electron chi connectivity index (χ1n) is 9.65. The Bertz CT molecular complexity index is 657. The topological polar surface area (TPSA) is 27.7 Å². The van der Waals surface area contributed by atoms with Gasteiger partial charge >= 0.3 is 7.12 Å². The third kappa shape index (κ3) is 2.95. The minimum Gasteiger partial charge on any atom is -0.494 e. The third-order valence-electron chi connectivity index (χ3n) is 3.60. The van der Waals surface area contributed by atoms with Gasteiger partial charge in [0.15, 0.2) is 0 Å². The van der Waals surface area contributed by atoms with Gasteiger partial charge in [0, 0.05) is 6.85 Å². The molecule has 0 radical (unpaired) electrons. The molecule has 1 aliphatic rings. The average molecular weight is 269 g/mol. The molecule has 3 nitrogen and oxygen atoms in total. The lowest BCUT2D eigenvalue weighted by Crippen LogP contribution is -2.41. The lowest BCUT2D eigenvalue weighted by atomic mass is 9.79. The van der Waals surface area contributed by atoms with Crippen LogP contribution in [-0.4, -0.2) is 24.9 Å². The van der Waals surface area contributed by atoms with Gasteiger partial charge in [-0.3, -0.25) is 0 Å². The van der Waals surface area contributed by atoms with E-state index < -0.39 is 38.1 Å². The second kappa shape index (κ2) is 5.18. The van der Waals surface area contributed by atoms with E-state index >= 15 is 0 Å². The quantitative estimate of drug-likeness (QED) is 0.787. The molecule has 19 heavy (non-hydrogen) atoms. The summed E-state index contributed by atoms with van der Waals surface area (Å²) in [5, 5.41) is 0. The highest BCUT2D eigenvalue weighted by Crippen LogP contribution is 2.36. The van der Waals surface area contributed by atoms with Crippen molar-refractivity contribution in [1.29, 1.82) is 0 Å². The molecule has 0 atom stereocenters. The molecule has 0 aromatic heterocycles. The van der Waals surface area contributed by atoms with Gasteiger partial charge in [-0.25, -0.2) is 0 Å². The van der Waals surface area contributed by atoms with Crippen LogP contribution in [0.25, 0.3) is 0 Å². The Labute approximate surface area is 126 Å². The maximum absolute atomic E-state index is 7.77. The van der Waals surface area contributed by atoms with Crippen LogP contribution in [0.1, 0.15) is 50.5 Å². The number of benzene rings is 1. The highest BCUT2D eigenvalue weighted by molar-refractivity contribution is 6.62. The van der Waals surface area contributed by atoms with Gasteiger partial charge < -0.3 is 14.0 Å². The molecule has 1 heterocycles. The average Bonchev–Trinajstić information content (AvgIpc) is 2.66. The van der Waals surface area contributed by atoms with Crippen molar-refractivity contribution in [2.24, 2.45) is 0 Å². The Balaban J connectivity index is 2.26. The van der Waals surface area contributed by atoms with Crippen molar-refractivity contribution < 1.29 is 23.6 Å². The fourth-order valence-electron chi connectivity index (χ4n) is 1.79. The number of rotatable bonds is 4. The smallest absolute Gasteiger partial charge is 0.494 e. The van der Waals surface area contributed by atoms with E-state index in [2.05, 4.69) is 0 Å². The maximum atomic E-state index is 7.77. The molecule has 0 bridgehead atoms. The fourth-order valence-corrected chi connectivity index (χ4v) is 1.79.